The number of fused-ring (bicyclic) bond motifs is 1. The lowest BCUT2D eigenvalue weighted by molar-refractivity contribution is -0.133. The van der Waals surface area contributed by atoms with Gasteiger partial charge in [-0.05, 0) is 36.1 Å². The third kappa shape index (κ3) is 3.45. The van der Waals surface area contributed by atoms with Crippen molar-refractivity contribution in [3.8, 4) is 5.75 Å². The Kier molecular flexibility index (Phi) is 4.91. The summed E-state index contributed by atoms with van der Waals surface area (Å²) < 4.78 is 5.79. The fourth-order valence-electron chi connectivity index (χ4n) is 3.84. The summed E-state index contributed by atoms with van der Waals surface area (Å²) in [7, 11) is 0. The maximum absolute atomic E-state index is 13.1. The van der Waals surface area contributed by atoms with E-state index < -0.39 is 0 Å². The highest BCUT2D eigenvalue weighted by Crippen LogP contribution is 2.29. The van der Waals surface area contributed by atoms with Crippen LogP contribution in [0.1, 0.15) is 35.6 Å². The molecule has 2 aliphatic heterocycles. The van der Waals surface area contributed by atoms with E-state index in [0.717, 1.165) is 29.7 Å². The lowest BCUT2D eigenvalue weighted by Crippen LogP contribution is -2.44. The first-order chi connectivity index (χ1) is 12.7. The summed E-state index contributed by atoms with van der Waals surface area (Å²) in [6.45, 7) is 1.59. The molecule has 0 aliphatic carbocycles. The molecule has 0 bridgehead atoms. The minimum absolute atomic E-state index is 0.00976. The molecule has 0 unspecified atom stereocenters. The lowest BCUT2D eigenvalue weighted by atomic mass is 10.1. The van der Waals surface area contributed by atoms with Crippen LogP contribution in [0.2, 0.25) is 0 Å². The Morgan fingerprint density at radius 2 is 2.04 bits per heavy atom. The second kappa shape index (κ2) is 7.48. The van der Waals surface area contributed by atoms with Gasteiger partial charge in [0, 0.05) is 18.2 Å². The van der Waals surface area contributed by atoms with Crippen LogP contribution < -0.4 is 10.1 Å². The fraction of sp³-hybridized carbons (Fsp3) is 0.381. The van der Waals surface area contributed by atoms with Crippen molar-refractivity contribution in [3.05, 3.63) is 65.2 Å². The van der Waals surface area contributed by atoms with Gasteiger partial charge in [-0.15, -0.1) is 0 Å². The summed E-state index contributed by atoms with van der Waals surface area (Å²) in [5.74, 6) is 0.938. The molecule has 2 aliphatic rings. The number of nitrogens with one attached hydrogen (secondary N) is 1. The molecule has 1 saturated heterocycles. The van der Waals surface area contributed by atoms with Crippen molar-refractivity contribution in [2.45, 2.75) is 38.1 Å². The Hall–Kier alpha value is -2.37. The zero-order valence-electron chi connectivity index (χ0n) is 14.7. The second-order valence-electron chi connectivity index (χ2n) is 6.97. The molecule has 26 heavy (non-hydrogen) atoms. The molecule has 0 saturated carbocycles. The average molecular weight is 352 g/mol. The van der Waals surface area contributed by atoms with Crippen molar-refractivity contribution in [1.82, 2.24) is 10.2 Å². The number of aliphatic hydroxyl groups excluding tert-OH is 1. The first kappa shape index (κ1) is 17.1. The van der Waals surface area contributed by atoms with E-state index in [9.17, 15) is 9.90 Å². The van der Waals surface area contributed by atoms with Gasteiger partial charge in [-0.25, -0.2) is 0 Å². The third-order valence-electron chi connectivity index (χ3n) is 5.25. The van der Waals surface area contributed by atoms with Gasteiger partial charge < -0.3 is 14.7 Å². The van der Waals surface area contributed by atoms with Crippen LogP contribution in [-0.4, -0.2) is 35.1 Å². The normalized spacial score (nSPS) is 22.4. The average Bonchev–Trinajstić information content (AvgIpc) is 3.08. The predicted octanol–water partition coefficient (Wildman–Crippen LogP) is 2.39. The first-order valence-electron chi connectivity index (χ1n) is 9.20. The number of hydrogen-bond donors (Lipinski definition) is 2. The van der Waals surface area contributed by atoms with E-state index in [1.807, 2.05) is 41.3 Å². The first-order valence-corrected chi connectivity index (χ1v) is 9.20. The molecule has 2 atom stereocenters. The highest BCUT2D eigenvalue weighted by Gasteiger charge is 2.33. The van der Waals surface area contributed by atoms with Gasteiger partial charge in [0.25, 0.3) is 0 Å². The molecule has 2 aromatic rings. The smallest absolute Gasteiger partial charge is 0.240 e. The number of hydrogen-bond acceptors (Lipinski definition) is 4. The summed E-state index contributed by atoms with van der Waals surface area (Å²) >= 11 is 0. The number of nitrogens with zero attached hydrogens (tertiary/aromatic N) is 1. The fourth-order valence-corrected chi connectivity index (χ4v) is 3.84. The number of carbonyl (C=O) groups excluding carboxylic acids is 1. The maximum atomic E-state index is 13.1. The second-order valence-corrected chi connectivity index (χ2v) is 6.97. The third-order valence-corrected chi connectivity index (χ3v) is 5.25. The number of ether oxygens (including phenoxy) is 1. The minimum atomic E-state index is -0.150. The number of amides is 1. The van der Waals surface area contributed by atoms with Crippen LogP contribution in [0.5, 0.6) is 5.75 Å². The molecule has 2 aromatic carbocycles. The van der Waals surface area contributed by atoms with Crippen molar-refractivity contribution in [2.24, 2.45) is 0 Å². The van der Waals surface area contributed by atoms with Crippen LogP contribution in [0.3, 0.4) is 0 Å². The van der Waals surface area contributed by atoms with Gasteiger partial charge in [0.15, 0.2) is 0 Å². The largest absolute Gasteiger partial charge is 0.491 e. The van der Waals surface area contributed by atoms with Crippen molar-refractivity contribution < 1.29 is 14.6 Å². The zero-order chi connectivity index (χ0) is 17.9. The summed E-state index contributed by atoms with van der Waals surface area (Å²) in [5, 5.41) is 12.9. The highest BCUT2D eigenvalue weighted by molar-refractivity contribution is 5.82. The Bertz CT molecular complexity index is 778. The molecule has 0 aromatic heterocycles. The topological polar surface area (TPSA) is 61.8 Å². The summed E-state index contributed by atoms with van der Waals surface area (Å²) in [5.41, 5.74) is 3.03. The summed E-state index contributed by atoms with van der Waals surface area (Å²) in [6, 6.07) is 16.1. The molecular weight excluding hydrogens is 328 g/mol. The van der Waals surface area contributed by atoms with E-state index in [4.69, 9.17) is 4.74 Å². The summed E-state index contributed by atoms with van der Waals surface area (Å²) in [4.78, 5) is 14.9. The van der Waals surface area contributed by atoms with E-state index >= 15 is 0 Å². The van der Waals surface area contributed by atoms with E-state index in [0.29, 0.717) is 19.7 Å². The molecular formula is C21H24N2O3. The van der Waals surface area contributed by atoms with Crippen molar-refractivity contribution >= 4 is 5.91 Å². The maximum Gasteiger partial charge on any atom is 0.240 e. The monoisotopic (exact) mass is 352 g/mol. The van der Waals surface area contributed by atoms with Gasteiger partial charge in [-0.1, -0.05) is 36.4 Å². The molecule has 4 rings (SSSR count). The molecule has 2 heterocycles. The van der Waals surface area contributed by atoms with Crippen LogP contribution in [0.25, 0.3) is 0 Å². The number of carbonyl (C=O) groups is 1. The van der Waals surface area contributed by atoms with Crippen LogP contribution >= 0.6 is 0 Å². The van der Waals surface area contributed by atoms with Gasteiger partial charge in [0.1, 0.15) is 12.4 Å². The Morgan fingerprint density at radius 1 is 1.19 bits per heavy atom. The molecule has 0 radical (unpaired) electrons. The van der Waals surface area contributed by atoms with Gasteiger partial charge >= 0.3 is 0 Å². The van der Waals surface area contributed by atoms with Crippen molar-refractivity contribution in [2.75, 3.05) is 13.2 Å². The lowest BCUT2D eigenvalue weighted by Gasteiger charge is -2.24. The van der Waals surface area contributed by atoms with E-state index in [1.165, 1.54) is 5.56 Å². The predicted molar refractivity (Wildman–Crippen MR) is 98.6 cm³/mol. The molecule has 5 heteroatoms. The van der Waals surface area contributed by atoms with Crippen LogP contribution in [0, 0.1) is 0 Å². The number of benzene rings is 2. The van der Waals surface area contributed by atoms with Crippen molar-refractivity contribution in [1.29, 1.82) is 0 Å². The van der Waals surface area contributed by atoms with E-state index in [1.54, 1.807) is 0 Å². The SMILES string of the molecule is O=C([C@H]1CC[C@H](c2ccccc2)N1)N1CCOc2ccc(CO)cc2C1. The van der Waals surface area contributed by atoms with Gasteiger partial charge in [0.2, 0.25) is 5.91 Å². The Morgan fingerprint density at radius 3 is 2.85 bits per heavy atom. The molecule has 1 fully saturated rings. The van der Waals surface area contributed by atoms with Crippen LogP contribution in [0.4, 0.5) is 0 Å². The molecule has 136 valence electrons. The van der Waals surface area contributed by atoms with Crippen LogP contribution in [0.15, 0.2) is 48.5 Å². The van der Waals surface area contributed by atoms with E-state index in [-0.39, 0.29) is 24.6 Å². The van der Waals surface area contributed by atoms with E-state index in [2.05, 4.69) is 17.4 Å². The number of aliphatic hydroxyl groups is 1. The van der Waals surface area contributed by atoms with Crippen molar-refractivity contribution in [3.63, 3.8) is 0 Å². The van der Waals surface area contributed by atoms with Crippen LogP contribution in [-0.2, 0) is 17.9 Å². The molecule has 5 nitrogen and oxygen atoms in total. The summed E-state index contributed by atoms with van der Waals surface area (Å²) in [6.07, 6.45) is 1.81. The van der Waals surface area contributed by atoms with Gasteiger partial charge in [-0.3, -0.25) is 10.1 Å². The zero-order valence-corrected chi connectivity index (χ0v) is 14.7. The minimum Gasteiger partial charge on any atom is -0.491 e. The quantitative estimate of drug-likeness (QED) is 0.890. The van der Waals surface area contributed by atoms with Gasteiger partial charge in [0.05, 0.1) is 19.2 Å². The Labute approximate surface area is 153 Å². The molecule has 0 spiro atoms. The molecule has 2 N–H and O–H groups in total. The Balaban J connectivity index is 1.46. The highest BCUT2D eigenvalue weighted by atomic mass is 16.5. The number of rotatable bonds is 3. The standard InChI is InChI=1S/C21H24N2O3/c24-14-15-6-9-20-17(12-15)13-23(10-11-26-20)21(25)19-8-7-18(22-19)16-4-2-1-3-5-16/h1-6,9,12,18-19,22,24H,7-8,10-11,13-14H2/t18-,19-/m1/s1. The molecule has 1 amide bonds. The van der Waals surface area contributed by atoms with Gasteiger partial charge in [-0.2, -0.15) is 0 Å².